The van der Waals surface area contributed by atoms with Crippen LogP contribution in [0.25, 0.3) is 0 Å². The second-order valence-corrected chi connectivity index (χ2v) is 7.41. The number of aliphatic hydroxyl groups excluding tert-OH is 1. The van der Waals surface area contributed by atoms with Crippen molar-refractivity contribution < 1.29 is 5.11 Å². The number of thiazole rings is 1. The van der Waals surface area contributed by atoms with Crippen LogP contribution in [0.3, 0.4) is 0 Å². The lowest BCUT2D eigenvalue weighted by Gasteiger charge is -2.40. The Morgan fingerprint density at radius 1 is 1.23 bits per heavy atom. The highest BCUT2D eigenvalue weighted by molar-refractivity contribution is 7.15. The Labute approximate surface area is 135 Å². The maximum absolute atomic E-state index is 9.94. The van der Waals surface area contributed by atoms with Gasteiger partial charge in [-0.25, -0.2) is 4.98 Å². The third-order valence-corrected chi connectivity index (χ3v) is 5.44. The molecule has 0 saturated carbocycles. The highest BCUT2D eigenvalue weighted by Gasteiger charge is 2.34. The zero-order chi connectivity index (χ0) is 15.4. The lowest BCUT2D eigenvalue weighted by Crippen LogP contribution is -2.42. The van der Waals surface area contributed by atoms with Gasteiger partial charge in [0.05, 0.1) is 0 Å². The van der Waals surface area contributed by atoms with Gasteiger partial charge in [0, 0.05) is 24.2 Å². The molecule has 0 unspecified atom stereocenters. The van der Waals surface area contributed by atoms with Gasteiger partial charge in [0.25, 0.3) is 0 Å². The third-order valence-electron chi connectivity index (χ3n) is 4.62. The van der Waals surface area contributed by atoms with Gasteiger partial charge in [-0.1, -0.05) is 30.3 Å². The third kappa shape index (κ3) is 3.66. The van der Waals surface area contributed by atoms with Crippen LogP contribution in [0.2, 0.25) is 0 Å². The van der Waals surface area contributed by atoms with Gasteiger partial charge in [0.1, 0.15) is 0 Å². The van der Waals surface area contributed by atoms with E-state index in [1.165, 1.54) is 10.4 Å². The Bertz CT molecular complexity index is 591. The van der Waals surface area contributed by atoms with E-state index in [0.29, 0.717) is 5.13 Å². The summed E-state index contributed by atoms with van der Waals surface area (Å²) < 4.78 is 0. The van der Waals surface area contributed by atoms with Crippen molar-refractivity contribution in [2.75, 3.05) is 25.4 Å². The van der Waals surface area contributed by atoms with Crippen molar-refractivity contribution in [1.29, 1.82) is 0 Å². The second-order valence-electron chi connectivity index (χ2n) is 6.26. The number of anilines is 1. The highest BCUT2D eigenvalue weighted by Crippen LogP contribution is 2.35. The highest BCUT2D eigenvalue weighted by atomic mass is 32.1. The van der Waals surface area contributed by atoms with E-state index in [9.17, 15) is 5.11 Å². The minimum atomic E-state index is 0.0323. The van der Waals surface area contributed by atoms with Gasteiger partial charge >= 0.3 is 0 Å². The number of nitrogens with two attached hydrogens (primary N) is 1. The quantitative estimate of drug-likeness (QED) is 0.889. The smallest absolute Gasteiger partial charge is 0.180 e. The summed E-state index contributed by atoms with van der Waals surface area (Å²) in [5.41, 5.74) is 7.04. The van der Waals surface area contributed by atoms with Crippen LogP contribution in [0.1, 0.15) is 23.3 Å². The lowest BCUT2D eigenvalue weighted by molar-refractivity contribution is 0.0417. The number of hydrogen-bond acceptors (Lipinski definition) is 5. The number of aromatic nitrogens is 1. The average molecular weight is 317 g/mol. The Morgan fingerprint density at radius 2 is 1.95 bits per heavy atom. The van der Waals surface area contributed by atoms with E-state index in [1.54, 1.807) is 11.3 Å². The van der Waals surface area contributed by atoms with E-state index < -0.39 is 0 Å². The fourth-order valence-corrected chi connectivity index (χ4v) is 3.95. The van der Waals surface area contributed by atoms with Gasteiger partial charge in [-0.15, -0.1) is 11.3 Å². The average Bonchev–Trinajstić information content (AvgIpc) is 2.95. The molecule has 2 heterocycles. The van der Waals surface area contributed by atoms with Crippen LogP contribution in [0.5, 0.6) is 0 Å². The van der Waals surface area contributed by atoms with E-state index in [0.717, 1.165) is 38.9 Å². The van der Waals surface area contributed by atoms with Crippen LogP contribution in [-0.4, -0.2) is 34.7 Å². The number of hydrogen-bond donors (Lipinski definition) is 2. The zero-order valence-corrected chi connectivity index (χ0v) is 13.6. The molecule has 0 spiro atoms. The monoisotopic (exact) mass is 317 g/mol. The number of aliphatic hydroxyl groups is 1. The van der Waals surface area contributed by atoms with Crippen molar-refractivity contribution in [2.24, 2.45) is 5.41 Å². The Morgan fingerprint density at radius 3 is 2.55 bits per heavy atom. The molecular weight excluding hydrogens is 294 g/mol. The first-order chi connectivity index (χ1) is 10.7. The van der Waals surface area contributed by atoms with Gasteiger partial charge in [0.15, 0.2) is 5.13 Å². The largest absolute Gasteiger partial charge is 0.396 e. The molecule has 118 valence electrons. The zero-order valence-electron chi connectivity index (χ0n) is 12.7. The molecule has 5 heteroatoms. The molecule has 1 aliphatic rings. The fraction of sp³-hybridized carbons (Fsp3) is 0.471. The molecule has 22 heavy (non-hydrogen) atoms. The number of benzene rings is 1. The molecule has 0 bridgehead atoms. The minimum absolute atomic E-state index is 0.0323. The molecule has 0 atom stereocenters. The van der Waals surface area contributed by atoms with E-state index in [-0.39, 0.29) is 12.0 Å². The molecule has 3 rings (SSSR count). The van der Waals surface area contributed by atoms with Crippen LogP contribution in [-0.2, 0) is 13.0 Å². The molecule has 3 N–H and O–H groups in total. The lowest BCUT2D eigenvalue weighted by atomic mass is 9.74. The fourth-order valence-electron chi connectivity index (χ4n) is 3.22. The van der Waals surface area contributed by atoms with Crippen molar-refractivity contribution in [2.45, 2.75) is 25.8 Å². The topological polar surface area (TPSA) is 62.4 Å². The van der Waals surface area contributed by atoms with E-state index in [2.05, 4.69) is 34.1 Å². The number of rotatable bonds is 5. The summed E-state index contributed by atoms with van der Waals surface area (Å²) >= 11 is 1.57. The molecule has 0 amide bonds. The first-order valence-corrected chi connectivity index (χ1v) is 8.58. The van der Waals surface area contributed by atoms with Crippen LogP contribution >= 0.6 is 11.3 Å². The first kappa shape index (κ1) is 15.5. The molecular formula is C17H23N3OS. The summed E-state index contributed by atoms with van der Waals surface area (Å²) in [6, 6.07) is 10.5. The van der Waals surface area contributed by atoms with Gasteiger partial charge in [-0.2, -0.15) is 0 Å². The van der Waals surface area contributed by atoms with Gasteiger partial charge < -0.3 is 10.8 Å². The summed E-state index contributed by atoms with van der Waals surface area (Å²) in [6.45, 7) is 3.22. The summed E-state index contributed by atoms with van der Waals surface area (Å²) in [5.74, 6) is 0. The van der Waals surface area contributed by atoms with Crippen molar-refractivity contribution in [3.05, 3.63) is 47.0 Å². The van der Waals surface area contributed by atoms with Crippen molar-refractivity contribution in [3.8, 4) is 0 Å². The van der Waals surface area contributed by atoms with Crippen LogP contribution in [0.15, 0.2) is 36.5 Å². The van der Waals surface area contributed by atoms with Crippen LogP contribution in [0, 0.1) is 5.41 Å². The molecule has 1 saturated heterocycles. The number of nitrogens with zero attached hydrogens (tertiary/aromatic N) is 2. The molecule has 1 fully saturated rings. The molecule has 0 aliphatic carbocycles. The van der Waals surface area contributed by atoms with Crippen LogP contribution in [0.4, 0.5) is 5.13 Å². The Hall–Kier alpha value is -1.43. The minimum Gasteiger partial charge on any atom is -0.396 e. The Balaban J connectivity index is 1.58. The molecule has 4 nitrogen and oxygen atoms in total. The predicted molar refractivity (Wildman–Crippen MR) is 90.7 cm³/mol. The molecule has 1 aromatic carbocycles. The standard InChI is InChI=1S/C17H23N3OS/c18-16-19-11-15(22-16)12-20-8-6-17(13-21,7-9-20)10-14-4-2-1-3-5-14/h1-5,11,21H,6-10,12-13H2,(H2,18,19). The van der Waals surface area contributed by atoms with Crippen molar-refractivity contribution in [3.63, 3.8) is 0 Å². The van der Waals surface area contributed by atoms with Crippen LogP contribution < -0.4 is 5.73 Å². The molecule has 0 radical (unpaired) electrons. The number of piperidine rings is 1. The second kappa shape index (κ2) is 6.77. The number of nitrogen functional groups attached to an aromatic ring is 1. The van der Waals surface area contributed by atoms with Crippen molar-refractivity contribution in [1.82, 2.24) is 9.88 Å². The van der Waals surface area contributed by atoms with Crippen molar-refractivity contribution >= 4 is 16.5 Å². The molecule has 2 aromatic rings. The summed E-state index contributed by atoms with van der Waals surface area (Å²) in [6.07, 6.45) is 4.91. The normalized spacial score (nSPS) is 18.4. The number of likely N-dealkylation sites (tertiary alicyclic amines) is 1. The maximum atomic E-state index is 9.94. The molecule has 1 aromatic heterocycles. The Kier molecular flexibility index (Phi) is 4.76. The summed E-state index contributed by atoms with van der Waals surface area (Å²) in [5, 5.41) is 10.6. The molecule has 1 aliphatic heterocycles. The first-order valence-electron chi connectivity index (χ1n) is 7.76. The summed E-state index contributed by atoms with van der Waals surface area (Å²) in [7, 11) is 0. The summed E-state index contributed by atoms with van der Waals surface area (Å²) in [4.78, 5) is 7.77. The van der Waals surface area contributed by atoms with E-state index in [4.69, 9.17) is 5.73 Å². The van der Waals surface area contributed by atoms with Gasteiger partial charge in [-0.05, 0) is 43.3 Å². The van der Waals surface area contributed by atoms with E-state index >= 15 is 0 Å². The van der Waals surface area contributed by atoms with E-state index in [1.807, 2.05) is 12.3 Å². The SMILES string of the molecule is Nc1ncc(CN2CCC(CO)(Cc3ccccc3)CC2)s1. The van der Waals surface area contributed by atoms with Gasteiger partial charge in [0.2, 0.25) is 0 Å². The predicted octanol–water partition coefficient (Wildman–Crippen LogP) is 2.54. The maximum Gasteiger partial charge on any atom is 0.180 e. The van der Waals surface area contributed by atoms with Gasteiger partial charge in [-0.3, -0.25) is 4.90 Å².